The Morgan fingerprint density at radius 2 is 2.00 bits per heavy atom. The summed E-state index contributed by atoms with van der Waals surface area (Å²) >= 11 is 0. The molecular formula is C7H4F2N2. The highest BCUT2D eigenvalue weighted by Gasteiger charge is 2.07. The third-order valence-corrected chi connectivity index (χ3v) is 1.47. The zero-order valence-corrected chi connectivity index (χ0v) is 5.46. The first-order valence-corrected chi connectivity index (χ1v) is 3.08. The third kappa shape index (κ3) is 0.790. The maximum Gasteiger partial charge on any atom is 0.318 e. The summed E-state index contributed by atoms with van der Waals surface area (Å²) in [4.78, 5) is 3.26. The van der Waals surface area contributed by atoms with Gasteiger partial charge in [0.15, 0.2) is 0 Å². The molecule has 0 spiro atoms. The maximum atomic E-state index is 12.6. The molecule has 0 amide bonds. The lowest BCUT2D eigenvalue weighted by Gasteiger charge is -1.86. The first kappa shape index (κ1) is 6.27. The van der Waals surface area contributed by atoms with Crippen LogP contribution in [0.5, 0.6) is 0 Å². The van der Waals surface area contributed by atoms with Crippen molar-refractivity contribution in [2.24, 2.45) is 0 Å². The molecule has 4 heteroatoms. The Balaban J connectivity index is 2.92. The molecule has 0 aliphatic rings. The van der Waals surface area contributed by atoms with E-state index in [0.29, 0.717) is 5.52 Å². The van der Waals surface area contributed by atoms with Crippen LogP contribution in [0.15, 0.2) is 24.3 Å². The number of benzene rings is 1. The van der Waals surface area contributed by atoms with Crippen LogP contribution < -0.4 is 0 Å². The van der Waals surface area contributed by atoms with Gasteiger partial charge in [-0.3, -0.25) is 0 Å². The van der Waals surface area contributed by atoms with E-state index in [1.165, 1.54) is 6.07 Å². The van der Waals surface area contributed by atoms with Gasteiger partial charge >= 0.3 is 6.08 Å². The van der Waals surface area contributed by atoms with Crippen LogP contribution in [-0.2, 0) is 0 Å². The van der Waals surface area contributed by atoms with Gasteiger partial charge in [-0.1, -0.05) is 16.6 Å². The van der Waals surface area contributed by atoms with Gasteiger partial charge in [0.05, 0.1) is 5.52 Å². The van der Waals surface area contributed by atoms with Crippen LogP contribution in [0, 0.1) is 6.08 Å². The van der Waals surface area contributed by atoms with Crippen molar-refractivity contribution in [3.8, 4) is 0 Å². The number of fused-ring (bicyclic) bond motifs is 1. The summed E-state index contributed by atoms with van der Waals surface area (Å²) in [5.41, 5.74) is 0.484. The van der Waals surface area contributed by atoms with E-state index in [-0.39, 0.29) is 10.3 Å². The van der Waals surface area contributed by atoms with Crippen LogP contribution in [-0.4, -0.2) is 9.77 Å². The molecule has 0 bridgehead atoms. The normalized spacial score (nSPS) is 10.7. The number of nitrogens with zero attached hydrogens (tertiary/aromatic N) is 2. The van der Waals surface area contributed by atoms with Crippen LogP contribution in [0.3, 0.4) is 0 Å². The number of aromatic nitrogens is 2. The molecule has 0 saturated heterocycles. The van der Waals surface area contributed by atoms with Crippen molar-refractivity contribution < 1.29 is 8.87 Å². The first-order valence-electron chi connectivity index (χ1n) is 3.08. The number of hydrogen-bond donors (Lipinski definition) is 0. The molecule has 0 aliphatic carbocycles. The van der Waals surface area contributed by atoms with Crippen molar-refractivity contribution in [1.82, 2.24) is 9.77 Å². The zero-order chi connectivity index (χ0) is 7.84. The van der Waals surface area contributed by atoms with Gasteiger partial charge in [0.1, 0.15) is 5.52 Å². The lowest BCUT2D eigenvalue weighted by atomic mass is 10.3. The van der Waals surface area contributed by atoms with Crippen molar-refractivity contribution in [3.05, 3.63) is 30.3 Å². The molecule has 0 unspecified atom stereocenters. The molecule has 2 rings (SSSR count). The average Bonchev–Trinajstić information content (AvgIpc) is 2.30. The van der Waals surface area contributed by atoms with Crippen molar-refractivity contribution in [1.29, 1.82) is 0 Å². The molecule has 0 saturated carbocycles. The molecule has 0 aliphatic heterocycles. The molecule has 11 heavy (non-hydrogen) atoms. The van der Waals surface area contributed by atoms with Crippen molar-refractivity contribution in [2.45, 2.75) is 0 Å². The number of para-hydroxylation sites is 2. The van der Waals surface area contributed by atoms with E-state index in [2.05, 4.69) is 4.98 Å². The predicted octanol–water partition coefficient (Wildman–Crippen LogP) is 1.91. The number of hydrogen-bond acceptors (Lipinski definition) is 1. The molecule has 0 fully saturated rings. The van der Waals surface area contributed by atoms with Gasteiger partial charge in [0, 0.05) is 0 Å². The third-order valence-electron chi connectivity index (χ3n) is 1.47. The van der Waals surface area contributed by atoms with E-state index in [9.17, 15) is 8.87 Å². The van der Waals surface area contributed by atoms with Gasteiger partial charge in [0.2, 0.25) is 0 Å². The summed E-state index contributed by atoms with van der Waals surface area (Å²) in [6.07, 6.45) is -1.11. The van der Waals surface area contributed by atoms with E-state index >= 15 is 0 Å². The molecule has 0 atom stereocenters. The van der Waals surface area contributed by atoms with Crippen molar-refractivity contribution in [2.75, 3.05) is 0 Å². The lowest BCUT2D eigenvalue weighted by Crippen LogP contribution is -1.84. The molecular weight excluding hydrogens is 150 g/mol. The molecule has 1 aromatic carbocycles. The highest BCUT2D eigenvalue weighted by Crippen LogP contribution is 2.13. The molecule has 1 aromatic heterocycles. The summed E-state index contributed by atoms with van der Waals surface area (Å²) < 4.78 is 25.0. The summed E-state index contributed by atoms with van der Waals surface area (Å²) in [5.74, 6) is 0. The highest BCUT2D eigenvalue weighted by atomic mass is 19.2. The maximum absolute atomic E-state index is 12.6. The fourth-order valence-corrected chi connectivity index (χ4v) is 0.967. The Labute approximate surface area is 61.0 Å². The Bertz CT molecular complexity index is 394. The van der Waals surface area contributed by atoms with Gasteiger partial charge < -0.3 is 0 Å². The quantitative estimate of drug-likeness (QED) is 0.566. The Hall–Kier alpha value is -1.45. The zero-order valence-electron chi connectivity index (χ0n) is 5.46. The predicted molar refractivity (Wildman–Crippen MR) is 36.2 cm³/mol. The lowest BCUT2D eigenvalue weighted by molar-refractivity contribution is 0.301. The van der Waals surface area contributed by atoms with Crippen molar-refractivity contribution in [3.63, 3.8) is 0 Å². The topological polar surface area (TPSA) is 17.8 Å². The van der Waals surface area contributed by atoms with E-state index in [1.54, 1.807) is 18.2 Å². The average molecular weight is 154 g/mol. The molecule has 56 valence electrons. The highest BCUT2D eigenvalue weighted by molar-refractivity contribution is 5.74. The standard InChI is InChI=1S/C7H4F2N2/c8-7-10-5-3-1-2-4-6(5)11(7)9/h1-4H. The van der Waals surface area contributed by atoms with Crippen LogP contribution in [0.4, 0.5) is 8.87 Å². The van der Waals surface area contributed by atoms with E-state index < -0.39 is 6.08 Å². The number of rotatable bonds is 0. The number of halogens is 2. The first-order chi connectivity index (χ1) is 5.29. The second kappa shape index (κ2) is 2.02. The minimum absolute atomic E-state index is 0.0741. The van der Waals surface area contributed by atoms with Crippen LogP contribution in [0.25, 0.3) is 11.0 Å². The fraction of sp³-hybridized carbons (Fsp3) is 0. The SMILES string of the molecule is Fc1nc2ccccc2n1F. The van der Waals surface area contributed by atoms with Crippen LogP contribution >= 0.6 is 0 Å². The summed E-state index contributed by atoms with van der Waals surface area (Å²) in [6.45, 7) is 0. The van der Waals surface area contributed by atoms with Gasteiger partial charge in [-0.15, -0.1) is 4.79 Å². The van der Waals surface area contributed by atoms with Gasteiger partial charge in [-0.25, -0.2) is 0 Å². The van der Waals surface area contributed by atoms with Crippen molar-refractivity contribution >= 4 is 11.0 Å². The van der Waals surface area contributed by atoms with Crippen LogP contribution in [0.1, 0.15) is 0 Å². The smallest absolute Gasteiger partial charge is 0.200 e. The number of imidazole rings is 1. The van der Waals surface area contributed by atoms with E-state index in [4.69, 9.17) is 0 Å². The van der Waals surface area contributed by atoms with Gasteiger partial charge in [0.25, 0.3) is 0 Å². The minimum atomic E-state index is -1.11. The van der Waals surface area contributed by atoms with Crippen LogP contribution in [0.2, 0.25) is 0 Å². The Morgan fingerprint density at radius 3 is 2.73 bits per heavy atom. The minimum Gasteiger partial charge on any atom is -0.200 e. The molecule has 2 aromatic rings. The molecule has 2 nitrogen and oxygen atoms in total. The Kier molecular flexibility index (Phi) is 1.15. The van der Waals surface area contributed by atoms with Gasteiger partial charge in [-0.05, 0) is 12.1 Å². The van der Waals surface area contributed by atoms with E-state index in [1.807, 2.05) is 0 Å². The summed E-state index contributed by atoms with van der Waals surface area (Å²) in [6, 6.07) is 6.31. The molecule has 1 heterocycles. The second-order valence-corrected chi connectivity index (χ2v) is 2.15. The monoisotopic (exact) mass is 154 g/mol. The largest absolute Gasteiger partial charge is 0.318 e. The summed E-state index contributed by atoms with van der Waals surface area (Å²) in [7, 11) is 0. The summed E-state index contributed by atoms with van der Waals surface area (Å²) in [5, 5.41) is 0. The fourth-order valence-electron chi connectivity index (χ4n) is 0.967. The van der Waals surface area contributed by atoms with Gasteiger partial charge in [-0.2, -0.15) is 9.37 Å². The Morgan fingerprint density at radius 1 is 1.27 bits per heavy atom. The second-order valence-electron chi connectivity index (χ2n) is 2.15. The van der Waals surface area contributed by atoms with E-state index in [0.717, 1.165) is 0 Å². The molecule has 0 N–H and O–H groups in total. The molecule has 0 radical (unpaired) electrons.